The number of carbonyl (C=O) groups excluding carboxylic acids is 1. The third kappa shape index (κ3) is 6.86. The van der Waals surface area contributed by atoms with Crippen molar-refractivity contribution in [3.05, 3.63) is 76.7 Å². The summed E-state index contributed by atoms with van der Waals surface area (Å²) >= 11 is 0. The van der Waals surface area contributed by atoms with Crippen LogP contribution in [0.3, 0.4) is 0 Å². The van der Waals surface area contributed by atoms with Crippen molar-refractivity contribution in [3.8, 4) is 22.8 Å². The average molecular weight is 609 g/mol. The van der Waals surface area contributed by atoms with Crippen molar-refractivity contribution in [2.75, 3.05) is 7.11 Å². The number of carboxylic acid groups (broad SMARTS) is 1. The van der Waals surface area contributed by atoms with Crippen LogP contribution in [0.2, 0.25) is 0 Å². The SMILES string of the molecule is COc1cc(-c2ccc(C3CCc4ccc([C@H](C5CC5)[C@H](C)C(=O)[O-])cc4O3)cc2CN2[C@@H](C)CCC[C@@H]2C)c(F)cn1.[Na+]. The number of benzene rings is 2. The molecular formula is C36H42FN2NaO4. The molecule has 2 fully saturated rings. The number of aliphatic carboxylic acids is 1. The van der Waals surface area contributed by atoms with Crippen LogP contribution in [0.5, 0.6) is 11.6 Å². The summed E-state index contributed by atoms with van der Waals surface area (Å²) in [6.07, 6.45) is 8.42. The van der Waals surface area contributed by atoms with Gasteiger partial charge >= 0.3 is 29.6 Å². The zero-order chi connectivity index (χ0) is 30.2. The minimum atomic E-state index is -0.998. The number of ether oxygens (including phenoxy) is 2. The van der Waals surface area contributed by atoms with E-state index in [9.17, 15) is 9.90 Å². The first-order valence-electron chi connectivity index (χ1n) is 15.8. The van der Waals surface area contributed by atoms with Gasteiger partial charge in [-0.25, -0.2) is 9.37 Å². The van der Waals surface area contributed by atoms with Crippen molar-refractivity contribution in [1.29, 1.82) is 0 Å². The summed E-state index contributed by atoms with van der Waals surface area (Å²) in [5, 5.41) is 11.8. The van der Waals surface area contributed by atoms with E-state index < -0.39 is 11.9 Å². The number of fused-ring (bicyclic) bond motifs is 1. The maximum absolute atomic E-state index is 15.2. The van der Waals surface area contributed by atoms with Crippen molar-refractivity contribution in [2.24, 2.45) is 11.8 Å². The fourth-order valence-electron chi connectivity index (χ4n) is 7.33. The van der Waals surface area contributed by atoms with E-state index in [1.54, 1.807) is 20.1 Å². The van der Waals surface area contributed by atoms with E-state index in [-0.39, 0.29) is 47.4 Å². The molecule has 0 radical (unpaired) electrons. The van der Waals surface area contributed by atoms with Gasteiger partial charge in [-0.1, -0.05) is 43.7 Å². The molecule has 44 heavy (non-hydrogen) atoms. The van der Waals surface area contributed by atoms with Gasteiger partial charge in [0, 0.05) is 42.1 Å². The smallest absolute Gasteiger partial charge is 0.550 e. The second-order valence-corrected chi connectivity index (χ2v) is 12.9. The normalized spacial score (nSPS) is 23.1. The Morgan fingerprint density at radius 2 is 1.82 bits per heavy atom. The molecule has 1 aromatic heterocycles. The molecule has 1 aliphatic carbocycles. The molecule has 3 aliphatic rings. The van der Waals surface area contributed by atoms with Crippen molar-refractivity contribution in [1.82, 2.24) is 9.88 Å². The van der Waals surface area contributed by atoms with Crippen molar-refractivity contribution >= 4 is 5.97 Å². The number of nitrogens with zero attached hydrogens (tertiary/aromatic N) is 2. The topological polar surface area (TPSA) is 74.7 Å². The first-order chi connectivity index (χ1) is 20.7. The Morgan fingerprint density at radius 3 is 2.50 bits per heavy atom. The molecule has 2 aromatic carbocycles. The number of likely N-dealkylation sites (tertiary alicyclic amines) is 1. The van der Waals surface area contributed by atoms with Crippen LogP contribution in [0.25, 0.3) is 11.1 Å². The summed E-state index contributed by atoms with van der Waals surface area (Å²) in [6, 6.07) is 15.1. The van der Waals surface area contributed by atoms with E-state index in [0.29, 0.717) is 36.0 Å². The first kappa shape index (κ1) is 32.9. The van der Waals surface area contributed by atoms with Crippen LogP contribution in [0.4, 0.5) is 4.39 Å². The summed E-state index contributed by atoms with van der Waals surface area (Å²) in [6.45, 7) is 7.04. The number of aryl methyl sites for hydroxylation is 1. The Balaban J connectivity index is 0.00000384. The quantitative estimate of drug-likeness (QED) is 0.346. The number of hydrogen-bond acceptors (Lipinski definition) is 6. The molecule has 2 aliphatic heterocycles. The Hall–Kier alpha value is -2.45. The molecule has 3 aromatic rings. The monoisotopic (exact) mass is 608 g/mol. The zero-order valence-corrected chi connectivity index (χ0v) is 28.6. The van der Waals surface area contributed by atoms with E-state index >= 15 is 4.39 Å². The number of carboxylic acids is 1. The van der Waals surface area contributed by atoms with Crippen molar-refractivity contribution in [3.63, 3.8) is 0 Å². The Kier molecular flexibility index (Phi) is 10.4. The molecular weight excluding hydrogens is 566 g/mol. The third-order valence-corrected chi connectivity index (χ3v) is 10.0. The second-order valence-electron chi connectivity index (χ2n) is 12.9. The Morgan fingerprint density at radius 1 is 1.07 bits per heavy atom. The fraction of sp³-hybridized carbons (Fsp3) is 0.500. The van der Waals surface area contributed by atoms with Crippen LogP contribution in [-0.2, 0) is 17.8 Å². The van der Waals surface area contributed by atoms with Crippen LogP contribution in [0.15, 0.2) is 48.7 Å². The predicted octanol–water partition coefficient (Wildman–Crippen LogP) is 3.61. The molecule has 0 amide bonds. The molecule has 3 heterocycles. The maximum Gasteiger partial charge on any atom is 1.00 e. The fourth-order valence-corrected chi connectivity index (χ4v) is 7.33. The summed E-state index contributed by atoms with van der Waals surface area (Å²) in [4.78, 5) is 18.4. The van der Waals surface area contributed by atoms with Gasteiger partial charge in [-0.05, 0) is 98.1 Å². The molecule has 228 valence electrons. The van der Waals surface area contributed by atoms with E-state index in [1.165, 1.54) is 12.6 Å². The van der Waals surface area contributed by atoms with E-state index in [4.69, 9.17) is 9.47 Å². The van der Waals surface area contributed by atoms with Gasteiger partial charge in [0.25, 0.3) is 0 Å². The zero-order valence-electron chi connectivity index (χ0n) is 26.6. The minimum Gasteiger partial charge on any atom is -0.550 e. The van der Waals surface area contributed by atoms with E-state index in [0.717, 1.165) is 72.1 Å². The summed E-state index contributed by atoms with van der Waals surface area (Å²) in [5.74, 6) is -0.391. The van der Waals surface area contributed by atoms with Gasteiger partial charge < -0.3 is 19.4 Å². The largest absolute Gasteiger partial charge is 1.00 e. The average Bonchev–Trinajstić information content (AvgIpc) is 3.84. The maximum atomic E-state index is 15.2. The second kappa shape index (κ2) is 13.9. The number of rotatable bonds is 9. The molecule has 0 N–H and O–H groups in total. The van der Waals surface area contributed by atoms with E-state index in [2.05, 4.69) is 54.1 Å². The Bertz CT molecular complexity index is 1480. The minimum absolute atomic E-state index is 0. The summed E-state index contributed by atoms with van der Waals surface area (Å²) in [7, 11) is 1.54. The third-order valence-electron chi connectivity index (χ3n) is 10.0. The molecule has 6 rings (SSSR count). The molecule has 0 spiro atoms. The number of hydrogen-bond donors (Lipinski definition) is 0. The number of pyridine rings is 1. The van der Waals surface area contributed by atoms with Crippen LogP contribution in [0.1, 0.15) is 93.6 Å². The van der Waals surface area contributed by atoms with Gasteiger partial charge in [-0.3, -0.25) is 4.90 Å². The molecule has 0 bridgehead atoms. The number of carbonyl (C=O) groups is 1. The van der Waals surface area contributed by atoms with Crippen LogP contribution >= 0.6 is 0 Å². The van der Waals surface area contributed by atoms with Gasteiger partial charge in [-0.2, -0.15) is 0 Å². The van der Waals surface area contributed by atoms with Crippen LogP contribution < -0.4 is 44.1 Å². The van der Waals surface area contributed by atoms with Gasteiger partial charge in [0.2, 0.25) is 5.88 Å². The molecule has 5 atom stereocenters. The van der Waals surface area contributed by atoms with Crippen molar-refractivity contribution < 1.29 is 53.3 Å². The van der Waals surface area contributed by atoms with Gasteiger partial charge in [0.1, 0.15) is 17.7 Å². The predicted molar refractivity (Wildman–Crippen MR) is 162 cm³/mol. The number of piperidine rings is 1. The van der Waals surface area contributed by atoms with Crippen LogP contribution in [0, 0.1) is 17.7 Å². The summed E-state index contributed by atoms with van der Waals surface area (Å²) in [5.41, 5.74) is 5.62. The van der Waals surface area contributed by atoms with Crippen LogP contribution in [-0.4, -0.2) is 35.0 Å². The van der Waals surface area contributed by atoms with E-state index in [1.807, 2.05) is 6.07 Å². The van der Waals surface area contributed by atoms with Gasteiger partial charge in [0.15, 0.2) is 0 Å². The molecule has 1 saturated carbocycles. The number of aromatic nitrogens is 1. The molecule has 1 unspecified atom stereocenters. The number of methoxy groups -OCH3 is 1. The number of halogens is 1. The van der Waals surface area contributed by atoms with Gasteiger partial charge in [0.05, 0.1) is 13.3 Å². The standard InChI is InChI=1S/C36H43FN2O4.Na/c1-21-6-5-7-22(2)39(21)20-28-16-26(12-14-29(28)30-18-34(42-4)38-19-31(30)37)32-15-13-24-8-11-27(17-33(24)43-32)35(25-9-10-25)23(3)36(40)41;/h8,11-12,14,16-19,21-23,25,32,35H,5-7,9-10,13,15,20H2,1-4H3,(H,40,41);/q;+1/p-1/t21-,22-,23-,32?,35-;/m0./s1. The summed E-state index contributed by atoms with van der Waals surface area (Å²) < 4.78 is 27.2. The molecule has 6 nitrogen and oxygen atoms in total. The first-order valence-corrected chi connectivity index (χ1v) is 15.8. The molecule has 1 saturated heterocycles. The Labute approximate surface area is 282 Å². The van der Waals surface area contributed by atoms with Gasteiger partial charge in [-0.15, -0.1) is 0 Å². The van der Waals surface area contributed by atoms with Crippen molar-refractivity contribution in [2.45, 2.75) is 96.4 Å². The molecule has 8 heteroatoms.